The third-order valence-corrected chi connectivity index (χ3v) is 4.66. The summed E-state index contributed by atoms with van der Waals surface area (Å²) in [6.45, 7) is 10.2. The molecule has 1 aromatic carbocycles. The van der Waals surface area contributed by atoms with Gasteiger partial charge in [0.2, 0.25) is 0 Å². The van der Waals surface area contributed by atoms with Crippen molar-refractivity contribution in [3.8, 4) is 5.75 Å². The minimum Gasteiger partial charge on any atom is -0.490 e. The Bertz CT molecular complexity index is 514. The highest BCUT2D eigenvalue weighted by molar-refractivity contribution is 5.39. The number of ether oxygens (including phenoxy) is 2. The van der Waals surface area contributed by atoms with Crippen LogP contribution < -0.4 is 4.74 Å². The largest absolute Gasteiger partial charge is 0.490 e. The lowest BCUT2D eigenvalue weighted by Gasteiger charge is -2.41. The molecule has 4 heteroatoms. The lowest BCUT2D eigenvalue weighted by molar-refractivity contribution is -0.0778. The molecule has 2 aliphatic heterocycles. The predicted octanol–water partition coefficient (Wildman–Crippen LogP) is 3.37. The Morgan fingerprint density at radius 2 is 1.86 bits per heavy atom. The molecule has 0 saturated carbocycles. The van der Waals surface area contributed by atoms with E-state index in [0.29, 0.717) is 11.8 Å². The minimum atomic E-state index is -0.230. The summed E-state index contributed by atoms with van der Waals surface area (Å²) in [5, 5.41) is 0. The maximum atomic E-state index is 13.6. The van der Waals surface area contributed by atoms with Crippen molar-refractivity contribution in [2.24, 2.45) is 0 Å². The summed E-state index contributed by atoms with van der Waals surface area (Å²) in [4.78, 5) is 2.49. The number of likely N-dealkylation sites (tertiary alicyclic amines) is 1. The number of nitrogens with zero attached hydrogens (tertiary/aromatic N) is 1. The molecule has 2 fully saturated rings. The van der Waals surface area contributed by atoms with E-state index >= 15 is 0 Å². The van der Waals surface area contributed by atoms with Gasteiger partial charge in [-0.2, -0.15) is 0 Å². The fraction of sp³-hybridized carbons (Fsp3) is 0.667. The Labute approximate surface area is 132 Å². The second-order valence-electron chi connectivity index (χ2n) is 7.43. The molecular formula is C18H26FNO2. The van der Waals surface area contributed by atoms with E-state index in [0.717, 1.165) is 44.7 Å². The van der Waals surface area contributed by atoms with E-state index in [9.17, 15) is 4.39 Å². The number of halogens is 1. The van der Waals surface area contributed by atoms with Crippen LogP contribution in [0.2, 0.25) is 0 Å². The van der Waals surface area contributed by atoms with Gasteiger partial charge in [-0.15, -0.1) is 0 Å². The zero-order valence-electron chi connectivity index (χ0n) is 13.8. The van der Waals surface area contributed by atoms with Gasteiger partial charge in [-0.25, -0.2) is 4.39 Å². The third-order valence-electron chi connectivity index (χ3n) is 4.66. The first-order valence-corrected chi connectivity index (χ1v) is 8.22. The van der Waals surface area contributed by atoms with Crippen molar-refractivity contribution in [2.45, 2.75) is 51.2 Å². The number of hydrogen-bond donors (Lipinski definition) is 0. The van der Waals surface area contributed by atoms with E-state index in [4.69, 9.17) is 9.47 Å². The summed E-state index contributed by atoms with van der Waals surface area (Å²) >= 11 is 0. The average molecular weight is 307 g/mol. The van der Waals surface area contributed by atoms with Gasteiger partial charge in [-0.05, 0) is 29.9 Å². The highest BCUT2D eigenvalue weighted by Crippen LogP contribution is 2.33. The monoisotopic (exact) mass is 307 g/mol. The molecule has 0 spiro atoms. The summed E-state index contributed by atoms with van der Waals surface area (Å²) < 4.78 is 25.0. The van der Waals surface area contributed by atoms with Gasteiger partial charge in [0.1, 0.15) is 17.7 Å². The molecule has 0 atom stereocenters. The molecule has 3 rings (SSSR count). The Hall–Kier alpha value is -1.13. The Morgan fingerprint density at radius 1 is 1.18 bits per heavy atom. The van der Waals surface area contributed by atoms with Gasteiger partial charge in [0.05, 0.1) is 19.3 Å². The van der Waals surface area contributed by atoms with Crippen LogP contribution in [-0.4, -0.2) is 43.3 Å². The molecule has 122 valence electrons. The molecule has 0 N–H and O–H groups in total. The average Bonchev–Trinajstić information content (AvgIpc) is 2.37. The molecule has 0 amide bonds. The van der Waals surface area contributed by atoms with E-state index in [2.05, 4.69) is 25.7 Å². The smallest absolute Gasteiger partial charge is 0.126 e. The van der Waals surface area contributed by atoms with Gasteiger partial charge in [-0.3, -0.25) is 4.90 Å². The van der Waals surface area contributed by atoms with E-state index in [-0.39, 0.29) is 17.3 Å². The predicted molar refractivity (Wildman–Crippen MR) is 84.9 cm³/mol. The lowest BCUT2D eigenvalue weighted by atomic mass is 9.86. The van der Waals surface area contributed by atoms with Crippen LogP contribution in [0.15, 0.2) is 18.2 Å². The van der Waals surface area contributed by atoms with E-state index in [1.165, 1.54) is 12.1 Å². The highest BCUT2D eigenvalue weighted by atomic mass is 19.1. The van der Waals surface area contributed by atoms with Gasteiger partial charge in [0, 0.05) is 19.2 Å². The normalized spacial score (nSPS) is 21.6. The molecule has 0 unspecified atom stereocenters. The van der Waals surface area contributed by atoms with Crippen LogP contribution >= 0.6 is 0 Å². The first kappa shape index (κ1) is 15.8. The fourth-order valence-electron chi connectivity index (χ4n) is 3.19. The van der Waals surface area contributed by atoms with Crippen molar-refractivity contribution in [1.82, 2.24) is 4.90 Å². The van der Waals surface area contributed by atoms with Crippen molar-refractivity contribution in [3.63, 3.8) is 0 Å². The molecule has 1 aromatic rings. The molecule has 0 aliphatic carbocycles. The second-order valence-corrected chi connectivity index (χ2v) is 7.43. The molecule has 3 nitrogen and oxygen atoms in total. The summed E-state index contributed by atoms with van der Waals surface area (Å²) in [5.74, 6) is 0.477. The SMILES string of the molecule is CC(C)(C)c1ccc(F)cc1OC1CCN(C2COC2)CC1. The fourth-order valence-corrected chi connectivity index (χ4v) is 3.19. The lowest BCUT2D eigenvalue weighted by Crippen LogP contribution is -2.53. The summed E-state index contributed by atoms with van der Waals surface area (Å²) in [7, 11) is 0. The maximum absolute atomic E-state index is 13.6. The van der Waals surface area contributed by atoms with Crippen LogP contribution in [0.4, 0.5) is 4.39 Å². The zero-order valence-corrected chi connectivity index (χ0v) is 13.8. The molecule has 2 aliphatic rings. The maximum Gasteiger partial charge on any atom is 0.126 e. The number of rotatable bonds is 3. The third kappa shape index (κ3) is 3.44. The van der Waals surface area contributed by atoms with Crippen molar-refractivity contribution in [3.05, 3.63) is 29.6 Å². The Kier molecular flexibility index (Phi) is 4.42. The van der Waals surface area contributed by atoms with Crippen LogP contribution in [0.1, 0.15) is 39.2 Å². The quantitative estimate of drug-likeness (QED) is 0.854. The van der Waals surface area contributed by atoms with Gasteiger partial charge < -0.3 is 9.47 Å². The number of benzene rings is 1. The molecular weight excluding hydrogens is 281 g/mol. The minimum absolute atomic E-state index is 0.0486. The van der Waals surface area contributed by atoms with Crippen molar-refractivity contribution >= 4 is 0 Å². The Morgan fingerprint density at radius 3 is 2.41 bits per heavy atom. The molecule has 2 saturated heterocycles. The zero-order chi connectivity index (χ0) is 15.7. The summed E-state index contributed by atoms with van der Waals surface area (Å²) in [5.41, 5.74) is 1.02. The van der Waals surface area contributed by atoms with Crippen LogP contribution in [-0.2, 0) is 10.2 Å². The van der Waals surface area contributed by atoms with Gasteiger partial charge >= 0.3 is 0 Å². The van der Waals surface area contributed by atoms with E-state index in [1.54, 1.807) is 0 Å². The molecule has 22 heavy (non-hydrogen) atoms. The molecule has 2 heterocycles. The van der Waals surface area contributed by atoms with Crippen LogP contribution in [0.25, 0.3) is 0 Å². The van der Waals surface area contributed by atoms with Crippen LogP contribution in [0.3, 0.4) is 0 Å². The topological polar surface area (TPSA) is 21.7 Å². The number of hydrogen-bond acceptors (Lipinski definition) is 3. The number of piperidine rings is 1. The summed E-state index contributed by atoms with van der Waals surface area (Å²) in [6.07, 6.45) is 2.17. The molecule has 0 radical (unpaired) electrons. The highest BCUT2D eigenvalue weighted by Gasteiger charge is 2.31. The van der Waals surface area contributed by atoms with Crippen molar-refractivity contribution in [2.75, 3.05) is 26.3 Å². The summed E-state index contributed by atoms with van der Waals surface area (Å²) in [6, 6.07) is 5.51. The standard InChI is InChI=1S/C18H26FNO2/c1-18(2,3)16-5-4-13(19)10-17(16)22-15-6-8-20(9-7-15)14-11-21-12-14/h4-5,10,14-15H,6-9,11-12H2,1-3H3. The van der Waals surface area contributed by atoms with Crippen molar-refractivity contribution < 1.29 is 13.9 Å². The Balaban J connectivity index is 1.65. The first-order chi connectivity index (χ1) is 10.4. The van der Waals surface area contributed by atoms with Crippen LogP contribution in [0, 0.1) is 5.82 Å². The van der Waals surface area contributed by atoms with Crippen LogP contribution in [0.5, 0.6) is 5.75 Å². The van der Waals surface area contributed by atoms with E-state index < -0.39 is 0 Å². The van der Waals surface area contributed by atoms with Gasteiger partial charge in [-0.1, -0.05) is 26.8 Å². The molecule has 0 bridgehead atoms. The van der Waals surface area contributed by atoms with Gasteiger partial charge in [0.25, 0.3) is 0 Å². The van der Waals surface area contributed by atoms with Crippen molar-refractivity contribution in [1.29, 1.82) is 0 Å². The second kappa shape index (κ2) is 6.17. The van der Waals surface area contributed by atoms with Gasteiger partial charge in [0.15, 0.2) is 0 Å². The molecule has 0 aromatic heterocycles. The first-order valence-electron chi connectivity index (χ1n) is 8.22. The van der Waals surface area contributed by atoms with E-state index in [1.807, 2.05) is 6.07 Å².